The zero-order chi connectivity index (χ0) is 24.9. The Balaban J connectivity index is 1.37. The number of amides is 3. The van der Waals surface area contributed by atoms with Crippen molar-refractivity contribution in [1.82, 2.24) is 5.32 Å². The zero-order valence-electron chi connectivity index (χ0n) is 18.8. The van der Waals surface area contributed by atoms with Crippen LogP contribution in [0.5, 0.6) is 11.5 Å². The van der Waals surface area contributed by atoms with E-state index in [4.69, 9.17) is 14.2 Å². The van der Waals surface area contributed by atoms with Gasteiger partial charge < -0.3 is 19.5 Å². The predicted molar refractivity (Wildman–Crippen MR) is 121 cm³/mol. The van der Waals surface area contributed by atoms with Gasteiger partial charge in [-0.25, -0.2) is 4.90 Å². The Labute approximate surface area is 199 Å². The fraction of sp³-hybridized carbons (Fsp3) is 0.292. The number of hydrogen-bond acceptors (Lipinski definition) is 8. The van der Waals surface area contributed by atoms with E-state index in [2.05, 4.69) is 5.32 Å². The number of nitro groups is 1. The van der Waals surface area contributed by atoms with Crippen LogP contribution < -0.4 is 19.7 Å². The van der Waals surface area contributed by atoms with Crippen LogP contribution in [0.15, 0.2) is 54.6 Å². The van der Waals surface area contributed by atoms with Gasteiger partial charge in [-0.1, -0.05) is 12.2 Å². The van der Waals surface area contributed by atoms with Crippen molar-refractivity contribution in [1.29, 1.82) is 0 Å². The van der Waals surface area contributed by atoms with Crippen LogP contribution in [0.2, 0.25) is 0 Å². The summed E-state index contributed by atoms with van der Waals surface area (Å²) in [6.07, 6.45) is 2.84. The van der Waals surface area contributed by atoms with Crippen LogP contribution in [0.1, 0.15) is 10.4 Å². The maximum atomic E-state index is 13.4. The van der Waals surface area contributed by atoms with E-state index in [1.54, 1.807) is 30.4 Å². The van der Waals surface area contributed by atoms with Gasteiger partial charge in [0.1, 0.15) is 17.1 Å². The number of carbonyl (C=O) groups is 3. The number of carbonyl (C=O) groups excluding carboxylic acids is 3. The number of rotatable bonds is 7. The van der Waals surface area contributed by atoms with Crippen molar-refractivity contribution >= 4 is 29.1 Å². The molecule has 2 bridgehead atoms. The standard InChI is InChI=1S/C24H21N3O8/c1-33-16-9-13(10-17(11-16)34-2)21(28)25-12-24-8-7-18(35-24)19-20(24)23(30)26(22(19)29)14-3-5-15(6-4-14)27(31)32/h3-11,18-20H,12H2,1-2H3,(H,25,28). The first kappa shape index (κ1) is 22.5. The van der Waals surface area contributed by atoms with Crippen LogP contribution in [0.3, 0.4) is 0 Å². The molecule has 0 radical (unpaired) electrons. The molecule has 180 valence electrons. The van der Waals surface area contributed by atoms with E-state index in [1.165, 1.54) is 38.5 Å². The van der Waals surface area contributed by atoms with Crippen LogP contribution in [0.4, 0.5) is 11.4 Å². The molecular formula is C24H21N3O8. The summed E-state index contributed by atoms with van der Waals surface area (Å²) in [4.78, 5) is 50.9. The molecule has 4 unspecified atom stereocenters. The summed E-state index contributed by atoms with van der Waals surface area (Å²) in [6, 6.07) is 9.98. The highest BCUT2D eigenvalue weighted by atomic mass is 16.6. The van der Waals surface area contributed by atoms with Crippen LogP contribution in [-0.4, -0.2) is 55.1 Å². The predicted octanol–water partition coefficient (Wildman–Crippen LogP) is 1.85. The molecule has 0 saturated carbocycles. The summed E-state index contributed by atoms with van der Waals surface area (Å²) in [5, 5.41) is 13.7. The lowest BCUT2D eigenvalue weighted by atomic mass is 9.77. The maximum Gasteiger partial charge on any atom is 0.269 e. The second kappa shape index (κ2) is 8.20. The summed E-state index contributed by atoms with van der Waals surface area (Å²) in [5.74, 6) is -2.02. The third-order valence-electron chi connectivity index (χ3n) is 6.61. The average Bonchev–Trinajstić information content (AvgIpc) is 3.52. The average molecular weight is 479 g/mol. The monoisotopic (exact) mass is 479 g/mol. The number of imide groups is 1. The number of nitrogens with one attached hydrogen (secondary N) is 1. The highest BCUT2D eigenvalue weighted by Crippen LogP contribution is 2.52. The number of anilines is 1. The van der Waals surface area contributed by atoms with Gasteiger partial charge in [-0.15, -0.1) is 0 Å². The molecule has 2 aromatic rings. The minimum Gasteiger partial charge on any atom is -0.497 e. The summed E-state index contributed by atoms with van der Waals surface area (Å²) in [7, 11) is 2.95. The number of ether oxygens (including phenoxy) is 3. The summed E-state index contributed by atoms with van der Waals surface area (Å²) in [5.41, 5.74) is -0.781. The number of hydrogen-bond donors (Lipinski definition) is 1. The lowest BCUT2D eigenvalue weighted by molar-refractivity contribution is -0.384. The first-order valence-electron chi connectivity index (χ1n) is 10.8. The van der Waals surface area contributed by atoms with Crippen molar-refractivity contribution < 1.29 is 33.5 Å². The van der Waals surface area contributed by atoms with Crippen molar-refractivity contribution in [3.63, 3.8) is 0 Å². The lowest BCUT2D eigenvalue weighted by Gasteiger charge is -2.29. The van der Waals surface area contributed by atoms with E-state index in [9.17, 15) is 24.5 Å². The normalized spacial score (nSPS) is 26.1. The van der Waals surface area contributed by atoms with Gasteiger partial charge in [0, 0.05) is 23.8 Å². The second-order valence-electron chi connectivity index (χ2n) is 8.47. The van der Waals surface area contributed by atoms with Gasteiger partial charge in [-0.05, 0) is 24.3 Å². The Bertz CT molecular complexity index is 1250. The van der Waals surface area contributed by atoms with Gasteiger partial charge in [0.25, 0.3) is 11.6 Å². The zero-order valence-corrected chi connectivity index (χ0v) is 18.8. The molecule has 0 aromatic heterocycles. The van der Waals surface area contributed by atoms with Crippen LogP contribution in [0, 0.1) is 22.0 Å². The Morgan fingerprint density at radius 3 is 2.37 bits per heavy atom. The van der Waals surface area contributed by atoms with Crippen molar-refractivity contribution in [2.75, 3.05) is 25.7 Å². The van der Waals surface area contributed by atoms with Gasteiger partial charge in [0.05, 0.1) is 49.3 Å². The minimum atomic E-state index is -1.18. The van der Waals surface area contributed by atoms with E-state index in [0.29, 0.717) is 17.1 Å². The van der Waals surface area contributed by atoms with Gasteiger partial charge >= 0.3 is 0 Å². The first-order chi connectivity index (χ1) is 16.8. The molecule has 0 spiro atoms. The molecule has 2 saturated heterocycles. The molecule has 2 aromatic carbocycles. The van der Waals surface area contributed by atoms with E-state index in [-0.39, 0.29) is 17.9 Å². The fourth-order valence-corrected chi connectivity index (χ4v) is 4.94. The van der Waals surface area contributed by atoms with E-state index < -0.39 is 46.2 Å². The Morgan fingerprint density at radius 2 is 1.77 bits per heavy atom. The number of nitro benzene ring substituents is 1. The first-order valence-corrected chi connectivity index (χ1v) is 10.8. The van der Waals surface area contributed by atoms with Crippen molar-refractivity contribution in [3.05, 3.63) is 70.3 Å². The largest absolute Gasteiger partial charge is 0.497 e. The fourth-order valence-electron chi connectivity index (χ4n) is 4.94. The van der Waals surface area contributed by atoms with Crippen molar-refractivity contribution in [2.45, 2.75) is 11.7 Å². The molecule has 3 amide bonds. The number of benzene rings is 2. The SMILES string of the molecule is COc1cc(OC)cc(C(=O)NCC23C=CC(O2)C2C(=O)N(c4ccc([N+](=O)[O-])cc4)C(=O)C23)c1. The molecule has 3 aliphatic heterocycles. The molecule has 3 heterocycles. The molecule has 35 heavy (non-hydrogen) atoms. The van der Waals surface area contributed by atoms with Crippen LogP contribution in [-0.2, 0) is 14.3 Å². The van der Waals surface area contributed by atoms with Crippen LogP contribution in [0.25, 0.3) is 0 Å². The van der Waals surface area contributed by atoms with E-state index in [0.717, 1.165) is 4.90 Å². The van der Waals surface area contributed by atoms with Crippen molar-refractivity contribution in [3.8, 4) is 11.5 Å². The molecule has 11 heteroatoms. The number of nitrogens with zero attached hydrogens (tertiary/aromatic N) is 2. The summed E-state index contributed by atoms with van der Waals surface area (Å²) >= 11 is 0. The van der Waals surface area contributed by atoms with Gasteiger partial charge in [0.15, 0.2) is 0 Å². The van der Waals surface area contributed by atoms with Gasteiger partial charge in [-0.2, -0.15) is 0 Å². The quantitative estimate of drug-likeness (QED) is 0.275. The highest BCUT2D eigenvalue weighted by molar-refractivity contribution is 6.23. The van der Waals surface area contributed by atoms with E-state index >= 15 is 0 Å². The summed E-state index contributed by atoms with van der Waals surface area (Å²) in [6.45, 7) is -0.0351. The lowest BCUT2D eigenvalue weighted by Crippen LogP contribution is -2.48. The van der Waals surface area contributed by atoms with Gasteiger partial charge in [-0.3, -0.25) is 24.5 Å². The van der Waals surface area contributed by atoms with Crippen molar-refractivity contribution in [2.24, 2.45) is 11.8 Å². The Morgan fingerprint density at radius 1 is 1.11 bits per heavy atom. The van der Waals surface area contributed by atoms with Crippen LogP contribution >= 0.6 is 0 Å². The molecule has 5 rings (SSSR count). The highest BCUT2D eigenvalue weighted by Gasteiger charge is 2.67. The molecule has 1 N–H and O–H groups in total. The smallest absolute Gasteiger partial charge is 0.269 e. The maximum absolute atomic E-state index is 13.4. The second-order valence-corrected chi connectivity index (χ2v) is 8.47. The molecule has 2 fully saturated rings. The number of fused-ring (bicyclic) bond motifs is 5. The minimum absolute atomic E-state index is 0.0351. The molecule has 4 atom stereocenters. The van der Waals surface area contributed by atoms with E-state index in [1.807, 2.05) is 0 Å². The third kappa shape index (κ3) is 3.51. The Hall–Kier alpha value is -4.25. The number of non-ortho nitro benzene ring substituents is 1. The molecule has 3 aliphatic rings. The molecular weight excluding hydrogens is 458 g/mol. The molecule has 11 nitrogen and oxygen atoms in total. The topological polar surface area (TPSA) is 137 Å². The molecule has 0 aliphatic carbocycles. The third-order valence-corrected chi connectivity index (χ3v) is 6.61. The number of methoxy groups -OCH3 is 2. The van der Waals surface area contributed by atoms with Gasteiger partial charge in [0.2, 0.25) is 11.8 Å². The summed E-state index contributed by atoms with van der Waals surface area (Å²) < 4.78 is 16.5. The Kier molecular flexibility index (Phi) is 5.28.